The quantitative estimate of drug-likeness (QED) is 0.792. The Morgan fingerprint density at radius 2 is 2.14 bits per heavy atom. The average Bonchev–Trinajstić information content (AvgIpc) is 2.79. The number of nitrogens with one attached hydrogen (secondary N) is 2. The van der Waals surface area contributed by atoms with Gasteiger partial charge in [-0.3, -0.25) is 0 Å². The highest BCUT2D eigenvalue weighted by atomic mass is 16.5. The summed E-state index contributed by atoms with van der Waals surface area (Å²) < 4.78 is 5.77. The molecular weight excluding hydrogens is 278 g/mol. The van der Waals surface area contributed by atoms with Crippen molar-refractivity contribution in [3.8, 4) is 11.8 Å². The lowest BCUT2D eigenvalue weighted by atomic mass is 10.1. The fourth-order valence-corrected chi connectivity index (χ4v) is 2.28. The molecule has 1 aromatic carbocycles. The number of hydrogen-bond acceptors (Lipinski definition) is 4. The lowest BCUT2D eigenvalue weighted by Crippen LogP contribution is -2.42. The van der Waals surface area contributed by atoms with Gasteiger partial charge in [-0.15, -0.1) is 0 Å². The number of rotatable bonds is 5. The lowest BCUT2D eigenvalue weighted by molar-refractivity contribution is 0.101. The molecule has 5 heteroatoms. The van der Waals surface area contributed by atoms with E-state index in [0.29, 0.717) is 18.0 Å². The summed E-state index contributed by atoms with van der Waals surface area (Å²) in [5, 5.41) is 23.3. The third-order valence-corrected chi connectivity index (χ3v) is 3.45. The van der Waals surface area contributed by atoms with Crippen LogP contribution in [0, 0.1) is 18.3 Å². The second-order valence-electron chi connectivity index (χ2n) is 6.51. The monoisotopic (exact) mass is 301 g/mol. The molecule has 3 N–H and O–H groups in total. The average molecular weight is 301 g/mol. The summed E-state index contributed by atoms with van der Waals surface area (Å²) in [7, 11) is 0. The third kappa shape index (κ3) is 3.79. The smallest absolute Gasteiger partial charge is 0.129 e. The summed E-state index contributed by atoms with van der Waals surface area (Å²) in [6.07, 6.45) is -0.593. The van der Waals surface area contributed by atoms with Crippen LogP contribution < -0.4 is 10.1 Å². The first-order valence-electron chi connectivity index (χ1n) is 7.39. The van der Waals surface area contributed by atoms with Crippen LogP contribution in [0.4, 0.5) is 0 Å². The Bertz CT molecular complexity index is 692. The van der Waals surface area contributed by atoms with Crippen molar-refractivity contribution in [1.29, 1.82) is 5.26 Å². The molecule has 0 saturated carbocycles. The maximum Gasteiger partial charge on any atom is 0.129 e. The van der Waals surface area contributed by atoms with Crippen molar-refractivity contribution in [2.24, 2.45) is 0 Å². The Balaban J connectivity index is 2.09. The van der Waals surface area contributed by atoms with Crippen molar-refractivity contribution in [2.45, 2.75) is 39.3 Å². The van der Waals surface area contributed by atoms with Crippen LogP contribution in [0.15, 0.2) is 18.2 Å². The van der Waals surface area contributed by atoms with Gasteiger partial charge in [-0.1, -0.05) is 6.07 Å². The number of nitriles is 1. The van der Waals surface area contributed by atoms with Crippen LogP contribution in [0.1, 0.15) is 32.0 Å². The van der Waals surface area contributed by atoms with E-state index in [4.69, 9.17) is 10.00 Å². The van der Waals surface area contributed by atoms with Gasteiger partial charge in [0.05, 0.1) is 5.52 Å². The molecule has 1 aromatic heterocycles. The summed E-state index contributed by atoms with van der Waals surface area (Å²) in [5.41, 5.74) is 2.24. The minimum Gasteiger partial charge on any atom is -0.490 e. The highest BCUT2D eigenvalue weighted by Gasteiger charge is 2.15. The van der Waals surface area contributed by atoms with Gasteiger partial charge in [0.1, 0.15) is 30.2 Å². The van der Waals surface area contributed by atoms with E-state index in [1.807, 2.05) is 45.9 Å². The molecule has 0 amide bonds. The Hall–Kier alpha value is -2.03. The zero-order valence-electron chi connectivity index (χ0n) is 13.5. The number of aromatic nitrogens is 1. The Kier molecular flexibility index (Phi) is 4.74. The standard InChI is InChI=1S/C17H23N3O2/c1-11-14(8-18)20-13-6-5-7-15(16(11)13)22-10-12(21)9-19-17(2,3)4/h5-7,12,19-21H,9-10H2,1-4H3. The van der Waals surface area contributed by atoms with Crippen molar-refractivity contribution >= 4 is 10.9 Å². The molecule has 0 bridgehead atoms. The lowest BCUT2D eigenvalue weighted by Gasteiger charge is -2.23. The van der Waals surface area contributed by atoms with Crippen LogP contribution in [0.3, 0.4) is 0 Å². The number of aromatic amines is 1. The number of aryl methyl sites for hydroxylation is 1. The second kappa shape index (κ2) is 6.39. The van der Waals surface area contributed by atoms with Crippen molar-refractivity contribution < 1.29 is 9.84 Å². The predicted octanol–water partition coefficient (Wildman–Crippen LogP) is 2.48. The Morgan fingerprint density at radius 1 is 1.41 bits per heavy atom. The largest absolute Gasteiger partial charge is 0.490 e. The molecule has 0 spiro atoms. The summed E-state index contributed by atoms with van der Waals surface area (Å²) in [5.74, 6) is 0.683. The number of nitrogens with zero attached hydrogens (tertiary/aromatic N) is 1. The molecule has 1 atom stereocenters. The zero-order chi connectivity index (χ0) is 16.3. The van der Waals surface area contributed by atoms with E-state index in [-0.39, 0.29) is 12.1 Å². The van der Waals surface area contributed by atoms with Gasteiger partial charge in [-0.25, -0.2) is 0 Å². The topological polar surface area (TPSA) is 81.1 Å². The molecule has 0 aliphatic rings. The van der Waals surface area contributed by atoms with E-state index in [9.17, 15) is 5.11 Å². The SMILES string of the molecule is Cc1c(C#N)[nH]c2cccc(OCC(O)CNC(C)(C)C)c12. The van der Waals surface area contributed by atoms with Gasteiger partial charge < -0.3 is 20.1 Å². The van der Waals surface area contributed by atoms with Crippen LogP contribution in [0.25, 0.3) is 10.9 Å². The third-order valence-electron chi connectivity index (χ3n) is 3.45. The summed E-state index contributed by atoms with van der Waals surface area (Å²) in [4.78, 5) is 3.07. The Labute approximate surface area is 130 Å². The fraction of sp³-hybridized carbons (Fsp3) is 0.471. The van der Waals surface area contributed by atoms with Gasteiger partial charge in [0.15, 0.2) is 0 Å². The number of hydrogen-bond donors (Lipinski definition) is 3. The molecule has 0 aliphatic carbocycles. The number of benzene rings is 1. The van der Waals surface area contributed by atoms with Crippen molar-refractivity contribution in [2.75, 3.05) is 13.2 Å². The highest BCUT2D eigenvalue weighted by Crippen LogP contribution is 2.30. The minimum atomic E-state index is -0.593. The number of ether oxygens (including phenoxy) is 1. The number of fused-ring (bicyclic) bond motifs is 1. The second-order valence-corrected chi connectivity index (χ2v) is 6.51. The molecule has 1 heterocycles. The van der Waals surface area contributed by atoms with Gasteiger partial charge in [0, 0.05) is 17.5 Å². The summed E-state index contributed by atoms with van der Waals surface area (Å²) in [6, 6.07) is 7.78. The maximum atomic E-state index is 10.0. The number of aliphatic hydroxyl groups is 1. The first-order valence-corrected chi connectivity index (χ1v) is 7.39. The van der Waals surface area contributed by atoms with E-state index in [2.05, 4.69) is 16.4 Å². The zero-order valence-corrected chi connectivity index (χ0v) is 13.5. The molecule has 5 nitrogen and oxygen atoms in total. The van der Waals surface area contributed by atoms with Gasteiger partial charge in [-0.05, 0) is 45.4 Å². The highest BCUT2D eigenvalue weighted by molar-refractivity contribution is 5.91. The molecule has 0 radical (unpaired) electrons. The van der Waals surface area contributed by atoms with Crippen molar-refractivity contribution in [1.82, 2.24) is 10.3 Å². The molecule has 0 saturated heterocycles. The number of β-amino-alcohol motifs (C(OH)–C–C–N with tert-alkyl or cyclic N) is 1. The minimum absolute atomic E-state index is 0.0417. The molecule has 2 rings (SSSR count). The van der Waals surface area contributed by atoms with Crippen LogP contribution in [-0.4, -0.2) is 34.9 Å². The molecule has 2 aromatic rings. The van der Waals surface area contributed by atoms with Crippen LogP contribution in [0.2, 0.25) is 0 Å². The van der Waals surface area contributed by atoms with Gasteiger partial charge >= 0.3 is 0 Å². The molecular formula is C17H23N3O2. The maximum absolute atomic E-state index is 10.0. The van der Waals surface area contributed by atoms with Crippen LogP contribution in [-0.2, 0) is 0 Å². The van der Waals surface area contributed by atoms with Crippen molar-refractivity contribution in [3.05, 3.63) is 29.5 Å². The van der Waals surface area contributed by atoms with E-state index >= 15 is 0 Å². The van der Waals surface area contributed by atoms with Crippen LogP contribution in [0.5, 0.6) is 5.75 Å². The molecule has 0 aliphatic heterocycles. The first-order chi connectivity index (χ1) is 10.3. The normalized spacial score (nSPS) is 13.1. The summed E-state index contributed by atoms with van der Waals surface area (Å²) in [6.45, 7) is 8.71. The fourth-order valence-electron chi connectivity index (χ4n) is 2.28. The van der Waals surface area contributed by atoms with Crippen LogP contribution >= 0.6 is 0 Å². The number of H-pyrrole nitrogens is 1. The molecule has 118 valence electrons. The van der Waals surface area contributed by atoms with E-state index in [1.165, 1.54) is 0 Å². The van der Waals surface area contributed by atoms with Gasteiger partial charge in [-0.2, -0.15) is 5.26 Å². The number of aliphatic hydroxyl groups excluding tert-OH is 1. The molecule has 22 heavy (non-hydrogen) atoms. The van der Waals surface area contributed by atoms with Crippen molar-refractivity contribution in [3.63, 3.8) is 0 Å². The molecule has 1 unspecified atom stereocenters. The van der Waals surface area contributed by atoms with E-state index < -0.39 is 6.10 Å². The van der Waals surface area contributed by atoms with Gasteiger partial charge in [0.2, 0.25) is 0 Å². The predicted molar refractivity (Wildman–Crippen MR) is 87.0 cm³/mol. The Morgan fingerprint density at radius 3 is 2.77 bits per heavy atom. The summed E-state index contributed by atoms with van der Waals surface area (Å²) >= 11 is 0. The molecule has 0 fully saturated rings. The first kappa shape index (κ1) is 16.3. The van der Waals surface area contributed by atoms with Gasteiger partial charge in [0.25, 0.3) is 0 Å². The van der Waals surface area contributed by atoms with E-state index in [0.717, 1.165) is 16.5 Å². The van der Waals surface area contributed by atoms with E-state index in [1.54, 1.807) is 0 Å².